The Morgan fingerprint density at radius 2 is 1.76 bits per heavy atom. The zero-order valence-electron chi connectivity index (χ0n) is 10.6. The van der Waals surface area contributed by atoms with Crippen molar-refractivity contribution in [2.24, 2.45) is 5.73 Å². The molecule has 0 spiro atoms. The highest BCUT2D eigenvalue weighted by atomic mass is 35.5. The number of nitrogens with two attached hydrogens (primary N) is 1. The number of rotatable bonds is 3. The van der Waals surface area contributed by atoms with Crippen LogP contribution in [-0.4, -0.2) is 21.1 Å². The van der Waals surface area contributed by atoms with E-state index >= 15 is 0 Å². The number of hydrogen-bond acceptors (Lipinski definition) is 4. The Kier molecular flexibility index (Phi) is 4.30. The van der Waals surface area contributed by atoms with E-state index in [1.165, 1.54) is 12.1 Å². The van der Waals surface area contributed by atoms with Gasteiger partial charge in [0.15, 0.2) is 11.5 Å². The van der Waals surface area contributed by atoms with Crippen LogP contribution in [0.15, 0.2) is 36.4 Å². The standard InChI is InChI=1S/C14H11ClN2O3S/c15-9-5-7(13(16)21)1-3-10(9)17-14(20)8-2-4-11(18)12(19)6-8/h1-6,18-19H,(H2,16,21)(H,17,20). The number of phenols is 2. The fourth-order valence-electron chi connectivity index (χ4n) is 1.63. The minimum Gasteiger partial charge on any atom is -0.504 e. The third-order valence-corrected chi connectivity index (χ3v) is 3.29. The molecule has 2 aromatic carbocycles. The van der Waals surface area contributed by atoms with Crippen molar-refractivity contribution in [3.05, 3.63) is 52.5 Å². The first-order valence-corrected chi connectivity index (χ1v) is 6.60. The van der Waals surface area contributed by atoms with Gasteiger partial charge in [-0.2, -0.15) is 0 Å². The second-order valence-electron chi connectivity index (χ2n) is 4.22. The average Bonchev–Trinajstić information content (AvgIpc) is 2.43. The monoisotopic (exact) mass is 322 g/mol. The first-order chi connectivity index (χ1) is 9.88. The lowest BCUT2D eigenvalue weighted by Crippen LogP contribution is -2.13. The van der Waals surface area contributed by atoms with Crippen molar-refractivity contribution in [2.45, 2.75) is 0 Å². The summed E-state index contributed by atoms with van der Waals surface area (Å²) in [5.41, 5.74) is 6.65. The van der Waals surface area contributed by atoms with Gasteiger partial charge in [-0.25, -0.2) is 0 Å². The highest BCUT2D eigenvalue weighted by Crippen LogP contribution is 2.27. The molecule has 0 aliphatic carbocycles. The second-order valence-corrected chi connectivity index (χ2v) is 5.06. The zero-order chi connectivity index (χ0) is 15.6. The lowest BCUT2D eigenvalue weighted by Gasteiger charge is -2.09. The number of thiocarbonyl (C=S) groups is 1. The molecule has 0 saturated carbocycles. The number of halogens is 1. The molecule has 0 heterocycles. The Morgan fingerprint density at radius 1 is 1.10 bits per heavy atom. The fourth-order valence-corrected chi connectivity index (χ4v) is 1.98. The van der Waals surface area contributed by atoms with Crippen molar-refractivity contribution in [3.63, 3.8) is 0 Å². The predicted molar refractivity (Wildman–Crippen MR) is 85.1 cm³/mol. The van der Waals surface area contributed by atoms with Crippen LogP contribution >= 0.6 is 23.8 Å². The number of carbonyl (C=O) groups is 1. The summed E-state index contributed by atoms with van der Waals surface area (Å²) in [6.07, 6.45) is 0. The normalized spacial score (nSPS) is 10.1. The number of benzene rings is 2. The maximum Gasteiger partial charge on any atom is 0.255 e. The number of hydrogen-bond donors (Lipinski definition) is 4. The number of phenolic OH excluding ortho intramolecular Hbond substituents is 2. The summed E-state index contributed by atoms with van der Waals surface area (Å²) in [6.45, 7) is 0. The number of aromatic hydroxyl groups is 2. The van der Waals surface area contributed by atoms with Gasteiger partial charge in [-0.15, -0.1) is 0 Å². The molecule has 108 valence electrons. The minimum absolute atomic E-state index is 0.180. The van der Waals surface area contributed by atoms with E-state index in [9.17, 15) is 15.0 Å². The number of anilines is 1. The molecular weight excluding hydrogens is 312 g/mol. The van der Waals surface area contributed by atoms with Crippen LogP contribution in [0.5, 0.6) is 11.5 Å². The summed E-state index contributed by atoms with van der Waals surface area (Å²) < 4.78 is 0. The summed E-state index contributed by atoms with van der Waals surface area (Å²) in [5, 5.41) is 21.5. The van der Waals surface area contributed by atoms with E-state index in [0.717, 1.165) is 6.07 Å². The number of carbonyl (C=O) groups excluding carboxylic acids is 1. The highest BCUT2D eigenvalue weighted by molar-refractivity contribution is 7.80. The van der Waals surface area contributed by atoms with Crippen molar-refractivity contribution in [1.82, 2.24) is 0 Å². The zero-order valence-corrected chi connectivity index (χ0v) is 12.2. The summed E-state index contributed by atoms with van der Waals surface area (Å²) in [5.74, 6) is -1.15. The second kappa shape index (κ2) is 5.99. The van der Waals surface area contributed by atoms with E-state index in [4.69, 9.17) is 29.6 Å². The molecule has 7 heteroatoms. The van der Waals surface area contributed by atoms with Crippen molar-refractivity contribution in [1.29, 1.82) is 0 Å². The third kappa shape index (κ3) is 3.42. The minimum atomic E-state index is -0.477. The molecule has 0 aliphatic rings. The van der Waals surface area contributed by atoms with Gasteiger partial charge < -0.3 is 21.3 Å². The Hall–Kier alpha value is -2.31. The maximum atomic E-state index is 12.0. The SMILES string of the molecule is NC(=S)c1ccc(NC(=O)c2ccc(O)c(O)c2)c(Cl)c1. The van der Waals surface area contributed by atoms with Crippen LogP contribution in [0.25, 0.3) is 0 Å². The van der Waals surface area contributed by atoms with Crippen molar-refractivity contribution < 1.29 is 15.0 Å². The number of nitrogens with one attached hydrogen (secondary N) is 1. The van der Waals surface area contributed by atoms with Crippen LogP contribution < -0.4 is 11.1 Å². The largest absolute Gasteiger partial charge is 0.504 e. The fraction of sp³-hybridized carbons (Fsp3) is 0. The van der Waals surface area contributed by atoms with E-state index in [1.54, 1.807) is 18.2 Å². The van der Waals surface area contributed by atoms with Crippen LogP contribution in [0.3, 0.4) is 0 Å². The number of amides is 1. The van der Waals surface area contributed by atoms with E-state index in [2.05, 4.69) is 5.32 Å². The average molecular weight is 323 g/mol. The van der Waals surface area contributed by atoms with Crippen LogP contribution in [-0.2, 0) is 0 Å². The van der Waals surface area contributed by atoms with Gasteiger partial charge >= 0.3 is 0 Å². The van der Waals surface area contributed by atoms with E-state index in [1.807, 2.05) is 0 Å². The lowest BCUT2D eigenvalue weighted by atomic mass is 10.1. The van der Waals surface area contributed by atoms with Crippen LogP contribution in [0, 0.1) is 0 Å². The smallest absolute Gasteiger partial charge is 0.255 e. The van der Waals surface area contributed by atoms with Crippen LogP contribution in [0.2, 0.25) is 5.02 Å². The van der Waals surface area contributed by atoms with Crippen molar-refractivity contribution in [3.8, 4) is 11.5 Å². The summed E-state index contributed by atoms with van der Waals surface area (Å²) in [4.78, 5) is 12.2. The Balaban J connectivity index is 2.23. The molecule has 2 rings (SSSR count). The molecule has 0 aromatic heterocycles. The summed E-state index contributed by atoms with van der Waals surface area (Å²) >= 11 is 10.9. The van der Waals surface area contributed by atoms with E-state index < -0.39 is 5.91 Å². The highest BCUT2D eigenvalue weighted by Gasteiger charge is 2.11. The van der Waals surface area contributed by atoms with Gasteiger partial charge in [0.2, 0.25) is 0 Å². The molecule has 0 saturated heterocycles. The van der Waals surface area contributed by atoms with Crippen LogP contribution in [0.4, 0.5) is 5.69 Å². The van der Waals surface area contributed by atoms with Crippen LogP contribution in [0.1, 0.15) is 15.9 Å². The first kappa shape index (κ1) is 15.1. The molecule has 0 atom stereocenters. The van der Waals surface area contributed by atoms with Gasteiger partial charge in [0, 0.05) is 11.1 Å². The van der Waals surface area contributed by atoms with Crippen molar-refractivity contribution >= 4 is 40.4 Å². The maximum absolute atomic E-state index is 12.0. The van der Waals surface area contributed by atoms with E-state index in [0.29, 0.717) is 11.3 Å². The Morgan fingerprint density at radius 3 is 2.33 bits per heavy atom. The van der Waals surface area contributed by atoms with Gasteiger partial charge in [0.25, 0.3) is 5.91 Å². The topological polar surface area (TPSA) is 95.6 Å². The summed E-state index contributed by atoms with van der Waals surface area (Å²) in [6, 6.07) is 8.52. The van der Waals surface area contributed by atoms with Gasteiger partial charge in [0.05, 0.1) is 10.7 Å². The van der Waals surface area contributed by atoms with E-state index in [-0.39, 0.29) is 27.1 Å². The third-order valence-electron chi connectivity index (χ3n) is 2.74. The summed E-state index contributed by atoms with van der Waals surface area (Å²) in [7, 11) is 0. The molecule has 0 bridgehead atoms. The molecule has 0 radical (unpaired) electrons. The molecule has 5 N–H and O–H groups in total. The first-order valence-electron chi connectivity index (χ1n) is 5.81. The Bertz CT molecular complexity index is 734. The van der Waals surface area contributed by atoms with Gasteiger partial charge in [-0.05, 0) is 36.4 Å². The molecular formula is C14H11ClN2O3S. The predicted octanol–water partition coefficient (Wildman–Crippen LogP) is 2.64. The molecule has 1 amide bonds. The lowest BCUT2D eigenvalue weighted by molar-refractivity contribution is 0.102. The Labute approximate surface area is 131 Å². The molecule has 2 aromatic rings. The quantitative estimate of drug-likeness (QED) is 0.514. The van der Waals surface area contributed by atoms with Gasteiger partial charge in [-0.3, -0.25) is 4.79 Å². The molecule has 0 fully saturated rings. The molecule has 0 unspecified atom stereocenters. The molecule has 21 heavy (non-hydrogen) atoms. The van der Waals surface area contributed by atoms with Gasteiger partial charge in [-0.1, -0.05) is 23.8 Å². The van der Waals surface area contributed by atoms with Gasteiger partial charge in [0.1, 0.15) is 4.99 Å². The van der Waals surface area contributed by atoms with Crippen molar-refractivity contribution in [2.75, 3.05) is 5.32 Å². The molecule has 0 aliphatic heterocycles. The molecule has 5 nitrogen and oxygen atoms in total.